The van der Waals surface area contributed by atoms with Crippen molar-refractivity contribution in [1.82, 2.24) is 0 Å². The zero-order valence-electron chi connectivity index (χ0n) is 13.6. The van der Waals surface area contributed by atoms with Crippen molar-refractivity contribution in [2.45, 2.75) is 18.4 Å². The fourth-order valence-electron chi connectivity index (χ4n) is 4.07. The largest absolute Gasteiger partial charge is 0.261 e. The molecule has 0 saturated carbocycles. The van der Waals surface area contributed by atoms with Gasteiger partial charge in [-0.05, 0) is 47.4 Å². The highest BCUT2D eigenvalue weighted by Gasteiger charge is 2.44. The number of halogens is 1. The van der Waals surface area contributed by atoms with Crippen molar-refractivity contribution in [3.63, 3.8) is 0 Å². The molecule has 0 fully saturated rings. The topological polar surface area (TPSA) is 15.6 Å². The second-order valence-electron chi connectivity index (χ2n) is 6.62. The van der Waals surface area contributed by atoms with E-state index >= 15 is 0 Å². The van der Waals surface area contributed by atoms with Crippen molar-refractivity contribution in [3.8, 4) is 0 Å². The fourth-order valence-corrected chi connectivity index (χ4v) is 4.20. The Morgan fingerprint density at radius 2 is 1.56 bits per heavy atom. The van der Waals surface area contributed by atoms with Crippen LogP contribution in [0.5, 0.6) is 0 Å². The van der Waals surface area contributed by atoms with E-state index in [2.05, 4.69) is 71.7 Å². The van der Waals surface area contributed by atoms with Crippen LogP contribution >= 0.6 is 11.6 Å². The molecule has 0 aromatic heterocycles. The van der Waals surface area contributed by atoms with Crippen LogP contribution in [0.1, 0.15) is 22.6 Å². The molecule has 0 bridgehead atoms. The van der Waals surface area contributed by atoms with Crippen molar-refractivity contribution in [2.75, 3.05) is 5.01 Å². The van der Waals surface area contributed by atoms with Gasteiger partial charge in [0.2, 0.25) is 0 Å². The number of benzene rings is 3. The molecule has 0 spiro atoms. The van der Waals surface area contributed by atoms with Gasteiger partial charge < -0.3 is 0 Å². The van der Waals surface area contributed by atoms with Crippen LogP contribution in [-0.4, -0.2) is 11.8 Å². The average molecular weight is 345 g/mol. The van der Waals surface area contributed by atoms with Gasteiger partial charge in [0.15, 0.2) is 0 Å². The zero-order valence-corrected chi connectivity index (χ0v) is 14.4. The smallest absolute Gasteiger partial charge is 0.0778 e. The van der Waals surface area contributed by atoms with Gasteiger partial charge in [0, 0.05) is 5.02 Å². The zero-order chi connectivity index (χ0) is 16.8. The highest BCUT2D eigenvalue weighted by molar-refractivity contribution is 6.30. The summed E-state index contributed by atoms with van der Waals surface area (Å²) in [4.78, 5) is 0. The first-order chi connectivity index (χ1) is 12.3. The van der Waals surface area contributed by atoms with Crippen LogP contribution in [0.4, 0.5) is 5.69 Å². The van der Waals surface area contributed by atoms with E-state index in [1.807, 2.05) is 12.1 Å². The minimum atomic E-state index is 0.314. The Kier molecular flexibility index (Phi) is 3.39. The van der Waals surface area contributed by atoms with Crippen LogP contribution in [0.2, 0.25) is 5.02 Å². The lowest BCUT2D eigenvalue weighted by molar-refractivity contribution is 0.650. The molecular weight excluding hydrogens is 328 g/mol. The summed E-state index contributed by atoms with van der Waals surface area (Å²) in [6.45, 7) is 0. The Balaban J connectivity index is 1.65. The van der Waals surface area contributed by atoms with Crippen molar-refractivity contribution < 1.29 is 0 Å². The number of hydrogen-bond acceptors (Lipinski definition) is 2. The molecule has 2 atom stereocenters. The number of rotatable bonds is 2. The Bertz CT molecular complexity index is 947. The van der Waals surface area contributed by atoms with Crippen molar-refractivity contribution in [1.29, 1.82) is 0 Å². The second-order valence-corrected chi connectivity index (χ2v) is 7.06. The molecule has 122 valence electrons. The summed E-state index contributed by atoms with van der Waals surface area (Å²) in [6, 6.07) is 27.6. The highest BCUT2D eigenvalue weighted by atomic mass is 35.5. The van der Waals surface area contributed by atoms with Crippen LogP contribution in [0.15, 0.2) is 84.0 Å². The molecule has 25 heavy (non-hydrogen) atoms. The van der Waals surface area contributed by atoms with Crippen LogP contribution in [0.3, 0.4) is 0 Å². The molecule has 0 saturated heterocycles. The molecule has 3 heteroatoms. The van der Waals surface area contributed by atoms with Crippen LogP contribution in [0.25, 0.3) is 0 Å². The molecule has 0 unspecified atom stereocenters. The van der Waals surface area contributed by atoms with Gasteiger partial charge in [-0.2, -0.15) is 5.10 Å². The Hall–Kier alpha value is -2.58. The van der Waals surface area contributed by atoms with Gasteiger partial charge in [-0.3, -0.25) is 5.01 Å². The van der Waals surface area contributed by atoms with E-state index in [0.717, 1.165) is 22.8 Å². The van der Waals surface area contributed by atoms with Crippen molar-refractivity contribution in [2.24, 2.45) is 5.10 Å². The van der Waals surface area contributed by atoms with E-state index in [-0.39, 0.29) is 0 Å². The van der Waals surface area contributed by atoms with E-state index in [1.54, 1.807) is 0 Å². The summed E-state index contributed by atoms with van der Waals surface area (Å²) in [5.74, 6) is 0.314. The van der Waals surface area contributed by atoms with E-state index in [0.29, 0.717) is 12.0 Å². The van der Waals surface area contributed by atoms with Crippen molar-refractivity contribution in [3.05, 3.63) is 101 Å². The Labute approximate surface area is 152 Å². The van der Waals surface area contributed by atoms with Gasteiger partial charge in [0.25, 0.3) is 0 Å². The van der Waals surface area contributed by atoms with Crippen molar-refractivity contribution >= 4 is 23.0 Å². The molecular formula is C22H17ClN2. The summed E-state index contributed by atoms with van der Waals surface area (Å²) in [6.07, 6.45) is 1.02. The van der Waals surface area contributed by atoms with Gasteiger partial charge >= 0.3 is 0 Å². The molecule has 0 N–H and O–H groups in total. The molecule has 3 aromatic rings. The molecule has 1 aliphatic carbocycles. The molecule has 5 rings (SSSR count). The first kappa shape index (κ1) is 14.7. The minimum absolute atomic E-state index is 0.314. The number of fused-ring (bicyclic) bond motifs is 3. The SMILES string of the molecule is Clc1ccc(N2N=C(c3ccccc3)[C@H]3c4ccccc4C[C@H]32)cc1. The third kappa shape index (κ3) is 2.37. The van der Waals surface area contributed by atoms with E-state index in [1.165, 1.54) is 16.7 Å². The summed E-state index contributed by atoms with van der Waals surface area (Å²) in [5, 5.41) is 7.98. The van der Waals surface area contributed by atoms with E-state index in [4.69, 9.17) is 16.7 Å². The fraction of sp³-hybridized carbons (Fsp3) is 0.136. The summed E-state index contributed by atoms with van der Waals surface area (Å²) in [5.41, 5.74) is 6.29. The quantitative estimate of drug-likeness (QED) is 0.618. The lowest BCUT2D eigenvalue weighted by atomic mass is 9.90. The lowest BCUT2D eigenvalue weighted by Gasteiger charge is -2.23. The van der Waals surface area contributed by atoms with Crippen LogP contribution in [-0.2, 0) is 6.42 Å². The first-order valence-corrected chi connectivity index (χ1v) is 8.95. The van der Waals surface area contributed by atoms with Crippen LogP contribution < -0.4 is 5.01 Å². The summed E-state index contributed by atoms with van der Waals surface area (Å²) >= 11 is 6.07. The monoisotopic (exact) mass is 344 g/mol. The number of hydrazone groups is 1. The number of hydrogen-bond donors (Lipinski definition) is 0. The maximum atomic E-state index is 6.07. The molecule has 3 aromatic carbocycles. The third-order valence-corrected chi connectivity index (χ3v) is 5.44. The van der Waals surface area contributed by atoms with Crippen LogP contribution in [0, 0.1) is 0 Å². The van der Waals surface area contributed by atoms with Gasteiger partial charge in [0.05, 0.1) is 23.4 Å². The number of nitrogens with zero attached hydrogens (tertiary/aromatic N) is 2. The van der Waals surface area contributed by atoms with E-state index < -0.39 is 0 Å². The van der Waals surface area contributed by atoms with Gasteiger partial charge in [0.1, 0.15) is 0 Å². The van der Waals surface area contributed by atoms with Gasteiger partial charge in [-0.1, -0.05) is 66.2 Å². The Morgan fingerprint density at radius 3 is 2.36 bits per heavy atom. The predicted octanol–water partition coefficient (Wildman–Crippen LogP) is 5.27. The lowest BCUT2D eigenvalue weighted by Crippen LogP contribution is -2.29. The highest BCUT2D eigenvalue weighted by Crippen LogP contribution is 2.44. The molecule has 1 aliphatic heterocycles. The van der Waals surface area contributed by atoms with Gasteiger partial charge in [-0.25, -0.2) is 0 Å². The average Bonchev–Trinajstić information content (AvgIpc) is 3.21. The van der Waals surface area contributed by atoms with Gasteiger partial charge in [-0.15, -0.1) is 0 Å². The standard InChI is InChI=1S/C22H17ClN2/c23-17-10-12-18(13-11-17)25-20-14-16-8-4-5-9-19(16)21(20)22(24-25)15-6-2-1-3-7-15/h1-13,20-21H,14H2/t20-,21+/m1/s1. The molecule has 0 radical (unpaired) electrons. The molecule has 0 amide bonds. The first-order valence-electron chi connectivity index (χ1n) is 8.58. The maximum Gasteiger partial charge on any atom is 0.0778 e. The number of anilines is 1. The Morgan fingerprint density at radius 1 is 0.840 bits per heavy atom. The van der Waals surface area contributed by atoms with E-state index in [9.17, 15) is 0 Å². The molecule has 1 heterocycles. The second kappa shape index (κ2) is 5.75. The predicted molar refractivity (Wildman–Crippen MR) is 104 cm³/mol. The minimum Gasteiger partial charge on any atom is -0.261 e. The molecule has 2 nitrogen and oxygen atoms in total. The maximum absolute atomic E-state index is 6.07. The third-order valence-electron chi connectivity index (χ3n) is 5.19. The summed E-state index contributed by atoms with van der Waals surface area (Å²) in [7, 11) is 0. The molecule has 2 aliphatic rings. The normalized spacial score (nSPS) is 21.0. The summed E-state index contributed by atoms with van der Waals surface area (Å²) < 4.78 is 0.